The normalized spacial score (nSPS) is 21.2. The van der Waals surface area contributed by atoms with Gasteiger partial charge in [0.05, 0.1) is 30.1 Å². The molecule has 1 heterocycles. The molecule has 116 valence electrons. The van der Waals surface area contributed by atoms with Gasteiger partial charge in [-0.05, 0) is 32.9 Å². The summed E-state index contributed by atoms with van der Waals surface area (Å²) in [6.07, 6.45) is -0.0349. The first-order chi connectivity index (χ1) is 9.73. The maximum absolute atomic E-state index is 14.2. The summed E-state index contributed by atoms with van der Waals surface area (Å²) in [5.41, 5.74) is 5.89. The molecule has 6 heteroatoms. The Morgan fingerprint density at radius 2 is 2.19 bits per heavy atom. The molecule has 0 amide bonds. The van der Waals surface area contributed by atoms with Crippen molar-refractivity contribution in [1.29, 1.82) is 0 Å². The number of hydrogen-bond acceptors (Lipinski definition) is 5. The predicted octanol–water partition coefficient (Wildman–Crippen LogP) is 2.20. The molecular formula is C15H21FN2O3. The third-order valence-electron chi connectivity index (χ3n) is 3.43. The summed E-state index contributed by atoms with van der Waals surface area (Å²) >= 11 is 0. The second-order valence-corrected chi connectivity index (χ2v) is 5.95. The standard InChI is InChI=1S/C15H21FN2O3/c1-9-7-18(8-15(2,3)21-9)13-5-10(14(19)20-4)12(17)6-11(13)16/h5-6,9H,7-8,17H2,1-4H3. The Kier molecular flexibility index (Phi) is 4.09. The van der Waals surface area contributed by atoms with Gasteiger partial charge in [0, 0.05) is 18.8 Å². The van der Waals surface area contributed by atoms with E-state index in [0.29, 0.717) is 18.8 Å². The molecule has 5 nitrogen and oxygen atoms in total. The summed E-state index contributed by atoms with van der Waals surface area (Å²) in [5, 5.41) is 0. The molecule has 0 aromatic heterocycles. The van der Waals surface area contributed by atoms with Crippen molar-refractivity contribution in [2.75, 3.05) is 30.8 Å². The summed E-state index contributed by atoms with van der Waals surface area (Å²) in [6, 6.07) is 2.61. The maximum atomic E-state index is 14.2. The molecule has 1 aliphatic heterocycles. The highest BCUT2D eigenvalue weighted by molar-refractivity contribution is 5.96. The quantitative estimate of drug-likeness (QED) is 0.669. The molecule has 21 heavy (non-hydrogen) atoms. The zero-order valence-corrected chi connectivity index (χ0v) is 12.8. The second-order valence-electron chi connectivity index (χ2n) is 5.95. The summed E-state index contributed by atoms with van der Waals surface area (Å²) in [4.78, 5) is 13.6. The van der Waals surface area contributed by atoms with Crippen LogP contribution in [0.3, 0.4) is 0 Å². The average Bonchev–Trinajstić information content (AvgIpc) is 2.35. The zero-order chi connectivity index (χ0) is 15.8. The van der Waals surface area contributed by atoms with Gasteiger partial charge in [0.2, 0.25) is 0 Å². The van der Waals surface area contributed by atoms with Crippen molar-refractivity contribution in [1.82, 2.24) is 0 Å². The van der Waals surface area contributed by atoms with Crippen molar-refractivity contribution in [3.05, 3.63) is 23.5 Å². The number of esters is 1. The maximum Gasteiger partial charge on any atom is 0.340 e. The number of carbonyl (C=O) groups excluding carboxylic acids is 1. The molecule has 1 atom stereocenters. The van der Waals surface area contributed by atoms with E-state index in [2.05, 4.69) is 4.74 Å². The molecule has 1 fully saturated rings. The second kappa shape index (κ2) is 5.52. The lowest BCUT2D eigenvalue weighted by Gasteiger charge is -2.43. The highest BCUT2D eigenvalue weighted by atomic mass is 19.1. The molecular weight excluding hydrogens is 275 g/mol. The number of halogens is 1. The van der Waals surface area contributed by atoms with Crippen molar-refractivity contribution in [3.8, 4) is 0 Å². The van der Waals surface area contributed by atoms with Crippen LogP contribution < -0.4 is 10.6 Å². The fraction of sp³-hybridized carbons (Fsp3) is 0.533. The molecule has 1 unspecified atom stereocenters. The third-order valence-corrected chi connectivity index (χ3v) is 3.43. The first kappa shape index (κ1) is 15.6. The molecule has 1 aromatic rings. The van der Waals surface area contributed by atoms with Gasteiger partial charge in [0.15, 0.2) is 0 Å². The Morgan fingerprint density at radius 3 is 2.76 bits per heavy atom. The lowest BCUT2D eigenvalue weighted by atomic mass is 10.0. The van der Waals surface area contributed by atoms with E-state index in [9.17, 15) is 9.18 Å². The molecule has 0 spiro atoms. The highest BCUT2D eigenvalue weighted by Crippen LogP contribution is 2.31. The van der Waals surface area contributed by atoms with E-state index in [-0.39, 0.29) is 17.4 Å². The van der Waals surface area contributed by atoms with Crippen LogP contribution in [0.4, 0.5) is 15.8 Å². The van der Waals surface area contributed by atoms with Crippen molar-refractivity contribution in [2.24, 2.45) is 0 Å². The number of carbonyl (C=O) groups is 1. The van der Waals surface area contributed by atoms with Crippen LogP contribution in [0.1, 0.15) is 31.1 Å². The van der Waals surface area contributed by atoms with Gasteiger partial charge in [0.25, 0.3) is 0 Å². The van der Waals surface area contributed by atoms with Gasteiger partial charge in [-0.25, -0.2) is 9.18 Å². The Bertz CT molecular complexity index is 560. The van der Waals surface area contributed by atoms with E-state index in [4.69, 9.17) is 10.5 Å². The Morgan fingerprint density at radius 1 is 1.52 bits per heavy atom. The van der Waals surface area contributed by atoms with Gasteiger partial charge in [-0.2, -0.15) is 0 Å². The topological polar surface area (TPSA) is 64.8 Å². The van der Waals surface area contributed by atoms with Crippen LogP contribution in [-0.4, -0.2) is 37.9 Å². The van der Waals surface area contributed by atoms with E-state index < -0.39 is 17.4 Å². The highest BCUT2D eigenvalue weighted by Gasteiger charge is 2.33. The largest absolute Gasteiger partial charge is 0.465 e. The van der Waals surface area contributed by atoms with Gasteiger partial charge < -0.3 is 20.1 Å². The van der Waals surface area contributed by atoms with Gasteiger partial charge in [-0.1, -0.05) is 0 Å². The number of nitrogen functional groups attached to an aromatic ring is 1. The number of morpholine rings is 1. The fourth-order valence-corrected chi connectivity index (χ4v) is 2.74. The van der Waals surface area contributed by atoms with E-state index in [1.54, 1.807) is 0 Å². The summed E-state index contributed by atoms with van der Waals surface area (Å²) in [7, 11) is 1.27. The first-order valence-corrected chi connectivity index (χ1v) is 6.83. The van der Waals surface area contributed by atoms with Gasteiger partial charge >= 0.3 is 5.97 Å². The van der Waals surface area contributed by atoms with Crippen LogP contribution in [0.2, 0.25) is 0 Å². The van der Waals surface area contributed by atoms with Gasteiger partial charge in [-0.3, -0.25) is 0 Å². The van der Waals surface area contributed by atoms with E-state index in [0.717, 1.165) is 6.07 Å². The predicted molar refractivity (Wildman–Crippen MR) is 79.0 cm³/mol. The van der Waals surface area contributed by atoms with Crippen LogP contribution in [0.25, 0.3) is 0 Å². The van der Waals surface area contributed by atoms with Crippen LogP contribution in [0.5, 0.6) is 0 Å². The molecule has 1 saturated heterocycles. The van der Waals surface area contributed by atoms with Crippen LogP contribution in [0, 0.1) is 5.82 Å². The van der Waals surface area contributed by atoms with Crippen molar-refractivity contribution >= 4 is 17.3 Å². The number of benzene rings is 1. The molecule has 0 bridgehead atoms. The minimum atomic E-state index is -0.575. The Hall–Kier alpha value is -1.82. The molecule has 1 aliphatic rings. The number of nitrogens with zero attached hydrogens (tertiary/aromatic N) is 1. The number of hydrogen-bond donors (Lipinski definition) is 1. The van der Waals surface area contributed by atoms with Crippen molar-refractivity contribution < 1.29 is 18.7 Å². The molecule has 1 aromatic carbocycles. The summed E-state index contributed by atoms with van der Waals surface area (Å²) in [6.45, 7) is 6.91. The van der Waals surface area contributed by atoms with Crippen LogP contribution in [-0.2, 0) is 9.47 Å². The first-order valence-electron chi connectivity index (χ1n) is 6.83. The number of ether oxygens (including phenoxy) is 2. The average molecular weight is 296 g/mol. The summed E-state index contributed by atoms with van der Waals surface area (Å²) in [5.74, 6) is -1.03. The molecule has 2 N–H and O–H groups in total. The minimum absolute atomic E-state index is 0.0349. The van der Waals surface area contributed by atoms with Gasteiger partial charge in [0.1, 0.15) is 5.82 Å². The van der Waals surface area contributed by atoms with Crippen LogP contribution in [0.15, 0.2) is 12.1 Å². The van der Waals surface area contributed by atoms with Gasteiger partial charge in [-0.15, -0.1) is 0 Å². The molecule has 2 rings (SSSR count). The number of nitrogens with two attached hydrogens (primary N) is 1. The third kappa shape index (κ3) is 3.26. The Balaban J connectivity index is 2.41. The minimum Gasteiger partial charge on any atom is -0.465 e. The molecule has 0 aliphatic carbocycles. The van der Waals surface area contributed by atoms with Crippen molar-refractivity contribution in [3.63, 3.8) is 0 Å². The van der Waals surface area contributed by atoms with E-state index >= 15 is 0 Å². The van der Waals surface area contributed by atoms with E-state index in [1.807, 2.05) is 25.7 Å². The molecule has 0 radical (unpaired) electrons. The fourth-order valence-electron chi connectivity index (χ4n) is 2.74. The zero-order valence-electron chi connectivity index (χ0n) is 12.8. The number of anilines is 2. The SMILES string of the molecule is COC(=O)c1cc(N2CC(C)OC(C)(C)C2)c(F)cc1N. The van der Waals surface area contributed by atoms with E-state index in [1.165, 1.54) is 13.2 Å². The van der Waals surface area contributed by atoms with Crippen LogP contribution >= 0.6 is 0 Å². The lowest BCUT2D eigenvalue weighted by molar-refractivity contribution is -0.0751. The summed E-state index contributed by atoms with van der Waals surface area (Å²) < 4.78 is 24.7. The lowest BCUT2D eigenvalue weighted by Crippen LogP contribution is -2.52. The number of methoxy groups -OCH3 is 1. The smallest absolute Gasteiger partial charge is 0.340 e. The van der Waals surface area contributed by atoms with Crippen molar-refractivity contribution in [2.45, 2.75) is 32.5 Å². The monoisotopic (exact) mass is 296 g/mol. The Labute approximate surface area is 123 Å². The molecule has 0 saturated carbocycles. The number of rotatable bonds is 2.